The fourth-order valence-corrected chi connectivity index (χ4v) is 4.78. The molecule has 3 aromatic rings. The van der Waals surface area contributed by atoms with Gasteiger partial charge in [0.1, 0.15) is 17.0 Å². The molecule has 8 heteroatoms. The highest BCUT2D eigenvalue weighted by Gasteiger charge is 2.27. The minimum Gasteiger partial charge on any atom is -0.336 e. The van der Waals surface area contributed by atoms with E-state index in [1.54, 1.807) is 18.2 Å². The van der Waals surface area contributed by atoms with Gasteiger partial charge in [0.25, 0.3) is 5.91 Å². The summed E-state index contributed by atoms with van der Waals surface area (Å²) in [5, 5.41) is 6.96. The third-order valence-electron chi connectivity index (χ3n) is 6.33. The Labute approximate surface area is 210 Å². The zero-order valence-electron chi connectivity index (χ0n) is 20.4. The fourth-order valence-electron chi connectivity index (χ4n) is 4.67. The van der Waals surface area contributed by atoms with Crippen molar-refractivity contribution in [2.75, 3.05) is 10.6 Å². The van der Waals surface area contributed by atoms with Crippen molar-refractivity contribution in [2.24, 2.45) is 11.3 Å². The molecule has 1 aliphatic rings. The van der Waals surface area contributed by atoms with Gasteiger partial charge in [0.15, 0.2) is 0 Å². The van der Waals surface area contributed by atoms with E-state index in [1.807, 2.05) is 43.5 Å². The normalized spacial score (nSPS) is 18.4. The van der Waals surface area contributed by atoms with Crippen LogP contribution in [0, 0.1) is 11.3 Å². The molecular weight excluding hydrogens is 467 g/mol. The summed E-state index contributed by atoms with van der Waals surface area (Å²) in [7, 11) is 0. The first-order valence-corrected chi connectivity index (χ1v) is 12.5. The first-order chi connectivity index (χ1) is 16.6. The Hall–Kier alpha value is -2.93. The number of alkyl halides is 1. The number of pyridine rings is 1. The molecule has 2 aromatic heterocycles. The van der Waals surface area contributed by atoms with Crippen LogP contribution in [0.25, 0.3) is 10.9 Å². The molecule has 1 unspecified atom stereocenters. The van der Waals surface area contributed by atoms with E-state index in [1.165, 1.54) is 6.20 Å². The Morgan fingerprint density at radius 2 is 1.83 bits per heavy atom. The van der Waals surface area contributed by atoms with Crippen molar-refractivity contribution < 1.29 is 14.0 Å². The minimum atomic E-state index is -0.881. The topological polar surface area (TPSA) is 76.0 Å². The highest BCUT2D eigenvalue weighted by molar-refractivity contribution is 6.29. The van der Waals surface area contributed by atoms with Crippen molar-refractivity contribution >= 4 is 45.7 Å². The van der Waals surface area contributed by atoms with Crippen LogP contribution in [0.2, 0.25) is 5.15 Å². The average Bonchev–Trinajstić information content (AvgIpc) is 3.13. The smallest absolute Gasteiger partial charge is 0.272 e. The summed E-state index contributed by atoms with van der Waals surface area (Å²) in [5.74, 6) is -0.518. The van der Waals surface area contributed by atoms with Crippen LogP contribution in [-0.4, -0.2) is 27.5 Å². The van der Waals surface area contributed by atoms with Crippen molar-refractivity contribution in [1.82, 2.24) is 9.55 Å². The monoisotopic (exact) mass is 498 g/mol. The maximum atomic E-state index is 14.7. The first kappa shape index (κ1) is 25.2. The molecule has 2 amide bonds. The van der Waals surface area contributed by atoms with Gasteiger partial charge < -0.3 is 15.2 Å². The number of nitrogens with zero attached hydrogens (tertiary/aromatic N) is 2. The number of halogens is 2. The van der Waals surface area contributed by atoms with Crippen LogP contribution in [-0.2, 0) is 11.3 Å². The van der Waals surface area contributed by atoms with E-state index in [4.69, 9.17) is 11.6 Å². The number of nitrogens with one attached hydrogen (secondary N) is 2. The van der Waals surface area contributed by atoms with Crippen molar-refractivity contribution in [2.45, 2.75) is 65.6 Å². The number of fused-ring (bicyclic) bond motifs is 1. The molecular formula is C27H32ClFN4O2. The largest absolute Gasteiger partial charge is 0.336 e. The summed E-state index contributed by atoms with van der Waals surface area (Å²) in [5.41, 5.74) is 2.33. The molecule has 0 aliphatic heterocycles. The van der Waals surface area contributed by atoms with E-state index in [0.717, 1.165) is 30.2 Å². The number of hydrogen-bond acceptors (Lipinski definition) is 3. The number of benzene rings is 1. The van der Waals surface area contributed by atoms with Crippen LogP contribution in [0.3, 0.4) is 0 Å². The number of anilines is 2. The molecule has 0 saturated heterocycles. The minimum absolute atomic E-state index is 0.0630. The van der Waals surface area contributed by atoms with Gasteiger partial charge in [0.05, 0.1) is 11.9 Å². The Bertz CT molecular complexity index is 1220. The van der Waals surface area contributed by atoms with Crippen LogP contribution >= 0.6 is 11.6 Å². The Morgan fingerprint density at radius 3 is 2.51 bits per heavy atom. The Balaban J connectivity index is 1.66. The van der Waals surface area contributed by atoms with E-state index in [9.17, 15) is 14.0 Å². The number of hydrogen-bond donors (Lipinski definition) is 2. The van der Waals surface area contributed by atoms with Crippen LogP contribution in [0.1, 0.15) is 63.4 Å². The summed E-state index contributed by atoms with van der Waals surface area (Å²) >= 11 is 5.86. The molecule has 35 heavy (non-hydrogen) atoms. The van der Waals surface area contributed by atoms with Gasteiger partial charge in [-0.25, -0.2) is 9.37 Å². The molecule has 2 N–H and O–H groups in total. The number of amides is 2. The molecule has 2 atom stereocenters. The lowest BCUT2D eigenvalue weighted by atomic mass is 9.87. The Morgan fingerprint density at radius 1 is 1.09 bits per heavy atom. The van der Waals surface area contributed by atoms with Gasteiger partial charge in [0.2, 0.25) is 5.91 Å². The molecule has 0 radical (unpaired) electrons. The highest BCUT2D eigenvalue weighted by atomic mass is 35.5. The molecule has 0 spiro atoms. The van der Waals surface area contributed by atoms with Crippen molar-refractivity contribution in [3.8, 4) is 0 Å². The zero-order valence-corrected chi connectivity index (χ0v) is 21.2. The lowest BCUT2D eigenvalue weighted by Gasteiger charge is -2.27. The second kappa shape index (κ2) is 10.4. The molecule has 1 saturated carbocycles. The molecule has 0 bridgehead atoms. The van der Waals surface area contributed by atoms with Gasteiger partial charge in [-0.05, 0) is 54.7 Å². The summed E-state index contributed by atoms with van der Waals surface area (Å²) < 4.78 is 16.6. The zero-order chi connectivity index (χ0) is 25.2. The second-order valence-electron chi connectivity index (χ2n) is 10.6. The highest BCUT2D eigenvalue weighted by Crippen LogP contribution is 2.32. The third kappa shape index (κ3) is 6.40. The lowest BCUT2D eigenvalue weighted by Crippen LogP contribution is -2.27. The molecule has 6 nitrogen and oxygen atoms in total. The molecule has 186 valence electrons. The quantitative estimate of drug-likeness (QED) is 0.365. The van der Waals surface area contributed by atoms with Gasteiger partial charge in [-0.3, -0.25) is 9.59 Å². The molecule has 1 aliphatic carbocycles. The maximum Gasteiger partial charge on any atom is 0.272 e. The Kier molecular flexibility index (Phi) is 7.45. The van der Waals surface area contributed by atoms with Gasteiger partial charge in [-0.15, -0.1) is 0 Å². The summed E-state index contributed by atoms with van der Waals surface area (Å²) in [6, 6.07) is 10.7. The summed E-state index contributed by atoms with van der Waals surface area (Å²) in [6.45, 7) is 6.46. The summed E-state index contributed by atoms with van der Waals surface area (Å²) in [4.78, 5) is 29.7. The van der Waals surface area contributed by atoms with Crippen LogP contribution in [0.4, 0.5) is 15.8 Å². The van der Waals surface area contributed by atoms with Crippen molar-refractivity contribution in [3.63, 3.8) is 0 Å². The predicted octanol–water partition coefficient (Wildman–Crippen LogP) is 6.85. The summed E-state index contributed by atoms with van der Waals surface area (Å²) in [6.07, 6.45) is 4.26. The van der Waals surface area contributed by atoms with Crippen LogP contribution in [0.15, 0.2) is 42.6 Å². The standard InChI is InChI=1S/C27H32ClFN4O2/c1-27(2,3)14-25(34)31-19-8-10-22-18(12-19)13-23(26(35)32-20-9-11-24(28)30-15-20)33(22)16-17-6-4-5-7-21(17)29/h8-13,15,17,21H,4-7,14,16H2,1-3H3,(H,31,34)(H,32,35)/t17?,21-/m0/s1. The lowest BCUT2D eigenvalue weighted by molar-refractivity contribution is -0.117. The van der Waals surface area contributed by atoms with Crippen molar-refractivity contribution in [1.29, 1.82) is 0 Å². The van der Waals surface area contributed by atoms with Crippen LogP contribution in [0.5, 0.6) is 0 Å². The van der Waals surface area contributed by atoms with E-state index >= 15 is 0 Å². The van der Waals surface area contributed by atoms with Gasteiger partial charge >= 0.3 is 0 Å². The van der Waals surface area contributed by atoms with E-state index in [-0.39, 0.29) is 23.1 Å². The van der Waals surface area contributed by atoms with Gasteiger partial charge in [-0.2, -0.15) is 0 Å². The van der Waals surface area contributed by atoms with Gasteiger partial charge in [-0.1, -0.05) is 45.2 Å². The third-order valence-corrected chi connectivity index (χ3v) is 6.55. The van der Waals surface area contributed by atoms with Crippen LogP contribution < -0.4 is 10.6 Å². The van der Waals surface area contributed by atoms with E-state index in [2.05, 4.69) is 15.6 Å². The SMILES string of the molecule is CC(C)(C)CC(=O)Nc1ccc2c(c1)cc(C(=O)Nc1ccc(Cl)nc1)n2CC1CCCC[C@@H]1F. The van der Waals surface area contributed by atoms with E-state index < -0.39 is 6.17 Å². The second-order valence-corrected chi connectivity index (χ2v) is 11.0. The van der Waals surface area contributed by atoms with E-state index in [0.29, 0.717) is 41.6 Å². The number of carbonyl (C=O) groups is 2. The number of rotatable bonds is 6. The average molecular weight is 499 g/mol. The fraction of sp³-hybridized carbons (Fsp3) is 0.444. The predicted molar refractivity (Wildman–Crippen MR) is 139 cm³/mol. The number of carbonyl (C=O) groups excluding carboxylic acids is 2. The maximum absolute atomic E-state index is 14.7. The first-order valence-electron chi connectivity index (χ1n) is 12.1. The van der Waals surface area contributed by atoms with Gasteiger partial charge in [0, 0.05) is 35.5 Å². The molecule has 1 fully saturated rings. The molecule has 4 rings (SSSR count). The molecule has 1 aromatic carbocycles. The van der Waals surface area contributed by atoms with Crippen molar-refractivity contribution in [3.05, 3.63) is 53.4 Å². The molecule has 2 heterocycles. The number of aromatic nitrogens is 2.